The van der Waals surface area contributed by atoms with Crippen LogP contribution in [-0.4, -0.2) is 109 Å². The van der Waals surface area contributed by atoms with E-state index in [0.29, 0.717) is 47.1 Å². The molecule has 5 aliphatic heterocycles. The Bertz CT molecular complexity index is 2350. The van der Waals surface area contributed by atoms with E-state index in [0.717, 1.165) is 75.7 Å². The van der Waals surface area contributed by atoms with Gasteiger partial charge >= 0.3 is 0 Å². The lowest BCUT2D eigenvalue weighted by Crippen LogP contribution is -2.55. The van der Waals surface area contributed by atoms with Gasteiger partial charge in [-0.05, 0) is 105 Å². The van der Waals surface area contributed by atoms with Gasteiger partial charge in [0.25, 0.3) is 17.7 Å². The van der Waals surface area contributed by atoms with Gasteiger partial charge in [0.15, 0.2) is 5.11 Å². The molecule has 1 saturated carbocycles. The van der Waals surface area contributed by atoms with Crippen LogP contribution in [0, 0.1) is 23.1 Å². The maximum Gasteiger partial charge on any atom is 0.262 e. The van der Waals surface area contributed by atoms with Crippen LogP contribution < -0.4 is 29.7 Å². The van der Waals surface area contributed by atoms with Gasteiger partial charge in [0.2, 0.25) is 11.8 Å². The average Bonchev–Trinajstić information content (AvgIpc) is 3.62. The van der Waals surface area contributed by atoms with Crippen LogP contribution in [0.5, 0.6) is 5.75 Å². The molecule has 5 amide bonds. The number of imide groups is 2. The zero-order valence-corrected chi connectivity index (χ0v) is 33.4. The number of halogens is 1. The summed E-state index contributed by atoms with van der Waals surface area (Å²) in [6, 6.07) is 16.4. The van der Waals surface area contributed by atoms with Crippen molar-refractivity contribution in [3.05, 3.63) is 77.1 Å². The summed E-state index contributed by atoms with van der Waals surface area (Å²) in [5, 5.41) is 12.0. The van der Waals surface area contributed by atoms with Gasteiger partial charge in [-0.15, -0.1) is 0 Å². The molecule has 5 fully saturated rings. The lowest BCUT2D eigenvalue weighted by atomic mass is 9.75. The Kier molecular flexibility index (Phi) is 9.83. The minimum Gasteiger partial charge on any atom is -0.495 e. The molecular weight excluding hydrogens is 776 g/mol. The van der Waals surface area contributed by atoms with Gasteiger partial charge in [-0.3, -0.25) is 44.0 Å². The molecule has 9 rings (SSSR count). The van der Waals surface area contributed by atoms with E-state index in [-0.39, 0.29) is 40.8 Å². The van der Waals surface area contributed by atoms with E-state index in [1.807, 2.05) is 12.1 Å². The van der Waals surface area contributed by atoms with Gasteiger partial charge in [-0.2, -0.15) is 5.26 Å². The normalized spacial score (nSPS) is 22.3. The van der Waals surface area contributed by atoms with Crippen molar-refractivity contribution < 1.29 is 33.1 Å². The van der Waals surface area contributed by atoms with Gasteiger partial charge in [0.1, 0.15) is 29.2 Å². The van der Waals surface area contributed by atoms with E-state index >= 15 is 4.39 Å². The van der Waals surface area contributed by atoms with Crippen LogP contribution in [0.1, 0.15) is 71.2 Å². The first-order valence-corrected chi connectivity index (χ1v) is 20.6. The largest absolute Gasteiger partial charge is 0.495 e. The van der Waals surface area contributed by atoms with Gasteiger partial charge in [-0.25, -0.2) is 4.39 Å². The van der Waals surface area contributed by atoms with E-state index in [1.165, 1.54) is 18.1 Å². The number of methoxy groups -OCH3 is 1. The van der Waals surface area contributed by atoms with Crippen LogP contribution in [-0.2, 0) is 14.4 Å². The number of hydrogen-bond acceptors (Lipinski definition) is 11. The summed E-state index contributed by atoms with van der Waals surface area (Å²) in [4.78, 5) is 75.6. The van der Waals surface area contributed by atoms with Crippen molar-refractivity contribution in [1.29, 1.82) is 5.26 Å². The molecule has 16 heteroatoms. The monoisotopic (exact) mass is 818 g/mol. The number of amides is 5. The minimum absolute atomic E-state index is 0.0752. The first kappa shape index (κ1) is 38.6. The summed E-state index contributed by atoms with van der Waals surface area (Å²) in [7, 11) is 1.47. The number of nitrogens with zero attached hydrogens (tertiary/aromatic N) is 7. The number of carbonyl (C=O) groups is 5. The third-order valence-corrected chi connectivity index (χ3v) is 13.3. The van der Waals surface area contributed by atoms with E-state index in [4.69, 9.17) is 17.0 Å². The lowest BCUT2D eigenvalue weighted by Gasteiger charge is -2.43. The highest BCUT2D eigenvalue weighted by Crippen LogP contribution is 2.48. The molecule has 3 aromatic carbocycles. The molecule has 1 N–H and O–H groups in total. The fourth-order valence-corrected chi connectivity index (χ4v) is 10.0. The maximum absolute atomic E-state index is 16.0. The number of rotatable bonds is 8. The molecule has 5 heterocycles. The molecule has 1 spiro atoms. The summed E-state index contributed by atoms with van der Waals surface area (Å²) in [5.41, 5.74) is 2.44. The fraction of sp³-hybridized carbons (Fsp3) is 0.419. The number of nitriles is 1. The summed E-state index contributed by atoms with van der Waals surface area (Å²) >= 11 is 5.90. The molecule has 0 aromatic heterocycles. The molecule has 0 bridgehead atoms. The zero-order valence-electron chi connectivity index (χ0n) is 32.6. The van der Waals surface area contributed by atoms with Crippen LogP contribution in [0.4, 0.5) is 27.1 Å². The van der Waals surface area contributed by atoms with Crippen molar-refractivity contribution in [3.63, 3.8) is 0 Å². The Morgan fingerprint density at radius 2 is 1.56 bits per heavy atom. The smallest absolute Gasteiger partial charge is 0.262 e. The van der Waals surface area contributed by atoms with E-state index in [1.54, 1.807) is 41.3 Å². The number of benzene rings is 3. The van der Waals surface area contributed by atoms with Gasteiger partial charge in [-0.1, -0.05) is 0 Å². The quantitative estimate of drug-likeness (QED) is 0.257. The number of hydrogen-bond donors (Lipinski definition) is 1. The molecule has 1 aliphatic carbocycles. The third-order valence-electron chi connectivity index (χ3n) is 13.0. The Balaban J connectivity index is 0.796. The molecule has 1 unspecified atom stereocenters. The van der Waals surface area contributed by atoms with Crippen LogP contribution in [0.25, 0.3) is 0 Å². The van der Waals surface area contributed by atoms with Crippen LogP contribution in [0.15, 0.2) is 54.6 Å². The number of carbonyl (C=O) groups excluding carboxylic acids is 5. The average molecular weight is 819 g/mol. The van der Waals surface area contributed by atoms with Crippen LogP contribution in [0.3, 0.4) is 0 Å². The summed E-state index contributed by atoms with van der Waals surface area (Å²) in [6.45, 7) is 5.55. The topological polar surface area (TPSA) is 150 Å². The molecule has 1 atom stereocenters. The lowest BCUT2D eigenvalue weighted by molar-refractivity contribution is -0.136. The van der Waals surface area contributed by atoms with Crippen molar-refractivity contribution in [3.8, 4) is 11.8 Å². The summed E-state index contributed by atoms with van der Waals surface area (Å²) < 4.78 is 21.4. The Morgan fingerprint density at radius 1 is 0.847 bits per heavy atom. The zero-order chi connectivity index (χ0) is 41.2. The second-order valence-electron chi connectivity index (χ2n) is 16.2. The Morgan fingerprint density at radius 3 is 2.22 bits per heavy atom. The third kappa shape index (κ3) is 6.47. The second kappa shape index (κ2) is 15.0. The maximum atomic E-state index is 16.0. The SMILES string of the molecule is COc1cc(N2C(=O)C3(CCC3)N(c3ccc(N4CCC(CN5CCN(c6ccc7c(c6)C(=O)N(C6CCC(=O)NC6=O)C7=O)CC5)CC4)c(F)c3)C2=S)ccc1C#N. The van der Waals surface area contributed by atoms with E-state index in [9.17, 15) is 29.2 Å². The highest BCUT2D eigenvalue weighted by atomic mass is 32.1. The number of fused-ring (bicyclic) bond motifs is 1. The first-order valence-electron chi connectivity index (χ1n) is 20.2. The highest BCUT2D eigenvalue weighted by molar-refractivity contribution is 7.81. The fourth-order valence-electron chi connectivity index (χ4n) is 9.58. The second-order valence-corrected chi connectivity index (χ2v) is 16.5. The summed E-state index contributed by atoms with van der Waals surface area (Å²) in [5.74, 6) is -1.77. The van der Waals surface area contributed by atoms with Crippen molar-refractivity contribution in [2.24, 2.45) is 5.92 Å². The molecule has 14 nitrogen and oxygen atoms in total. The first-order chi connectivity index (χ1) is 28.5. The molecule has 0 radical (unpaired) electrons. The highest BCUT2D eigenvalue weighted by Gasteiger charge is 2.59. The summed E-state index contributed by atoms with van der Waals surface area (Å²) in [6.07, 6.45) is 4.09. The van der Waals surface area contributed by atoms with Crippen molar-refractivity contribution in [2.75, 3.05) is 72.5 Å². The van der Waals surface area contributed by atoms with Gasteiger partial charge < -0.3 is 19.4 Å². The van der Waals surface area contributed by atoms with Crippen molar-refractivity contribution >= 4 is 69.6 Å². The molecule has 304 valence electrons. The molecule has 59 heavy (non-hydrogen) atoms. The number of nitrogens with one attached hydrogen (secondary N) is 1. The number of anilines is 4. The number of piperazine rings is 1. The van der Waals surface area contributed by atoms with E-state index in [2.05, 4.69) is 26.1 Å². The van der Waals surface area contributed by atoms with Crippen LogP contribution in [0.2, 0.25) is 0 Å². The Labute approximate surface area is 346 Å². The number of ether oxygens (including phenoxy) is 1. The molecule has 4 saturated heterocycles. The predicted octanol–water partition coefficient (Wildman–Crippen LogP) is 4.21. The van der Waals surface area contributed by atoms with Crippen molar-refractivity contribution in [2.45, 2.75) is 56.5 Å². The van der Waals surface area contributed by atoms with Crippen LogP contribution >= 0.6 is 12.2 Å². The number of thiocarbonyl (C=S) groups is 1. The van der Waals surface area contributed by atoms with Crippen molar-refractivity contribution in [1.82, 2.24) is 15.1 Å². The predicted molar refractivity (Wildman–Crippen MR) is 220 cm³/mol. The van der Waals surface area contributed by atoms with Gasteiger partial charge in [0.05, 0.1) is 35.2 Å². The molecule has 6 aliphatic rings. The minimum atomic E-state index is -0.994. The molecule has 3 aromatic rings. The van der Waals surface area contributed by atoms with E-state index < -0.39 is 35.2 Å². The number of piperidine rings is 2. The standard InChI is InChI=1S/C43H43FN8O6S/c1-58-36-23-29(4-3-27(36)24-45)50-41(57)43(13-2-14-43)52(42(50)59)30-6-8-34(33(44)22-30)49-15-11-26(12-16-49)25-47-17-19-48(20-18-47)28-5-7-31-32(21-28)40(56)51(39(31)55)35-9-10-37(53)46-38(35)54/h3-8,21-23,26,35H,2,9-20,25H2,1H3,(H,46,53,54). The molecular formula is C43H43FN8O6S. The Hall–Kier alpha value is -5.92. The van der Waals surface area contributed by atoms with Gasteiger partial charge in [0, 0.05) is 69.7 Å².